The van der Waals surface area contributed by atoms with E-state index in [2.05, 4.69) is 10.6 Å². The Bertz CT molecular complexity index is 398. The first-order valence-electron chi connectivity index (χ1n) is 5.97. The Kier molecular flexibility index (Phi) is 6.88. The van der Waals surface area contributed by atoms with E-state index in [4.69, 9.17) is 14.6 Å². The number of aliphatic hydroxyl groups excluding tert-OH is 1. The summed E-state index contributed by atoms with van der Waals surface area (Å²) < 4.78 is 10.0. The molecule has 0 saturated carbocycles. The van der Waals surface area contributed by atoms with Crippen LogP contribution >= 0.6 is 0 Å². The van der Waals surface area contributed by atoms with Gasteiger partial charge >= 0.3 is 0 Å². The van der Waals surface area contributed by atoms with Crippen LogP contribution in [0.2, 0.25) is 0 Å². The van der Waals surface area contributed by atoms with Crippen LogP contribution in [-0.2, 0) is 9.53 Å². The van der Waals surface area contributed by atoms with Crippen molar-refractivity contribution in [3.05, 3.63) is 24.3 Å². The van der Waals surface area contributed by atoms with Crippen molar-refractivity contribution < 1.29 is 19.4 Å². The van der Waals surface area contributed by atoms with Crippen LogP contribution in [0.25, 0.3) is 0 Å². The van der Waals surface area contributed by atoms with Gasteiger partial charge in [0.15, 0.2) is 0 Å². The van der Waals surface area contributed by atoms with Gasteiger partial charge in [-0.25, -0.2) is 0 Å². The second kappa shape index (κ2) is 8.47. The van der Waals surface area contributed by atoms with Crippen molar-refractivity contribution in [1.82, 2.24) is 5.32 Å². The molecule has 0 saturated heterocycles. The quantitative estimate of drug-likeness (QED) is 0.629. The van der Waals surface area contributed by atoms with E-state index in [0.717, 1.165) is 0 Å². The van der Waals surface area contributed by atoms with Gasteiger partial charge in [-0.2, -0.15) is 0 Å². The number of nitrogens with one attached hydrogen (secondary N) is 2. The lowest BCUT2D eigenvalue weighted by atomic mass is 10.3. The third-order valence-corrected chi connectivity index (χ3v) is 2.52. The van der Waals surface area contributed by atoms with Crippen LogP contribution in [0.3, 0.4) is 0 Å². The van der Waals surface area contributed by atoms with Gasteiger partial charge in [-0.05, 0) is 12.1 Å². The first-order valence-corrected chi connectivity index (χ1v) is 5.97. The zero-order chi connectivity index (χ0) is 14.1. The number of hydrogen-bond donors (Lipinski definition) is 3. The van der Waals surface area contributed by atoms with Gasteiger partial charge in [0, 0.05) is 7.11 Å². The summed E-state index contributed by atoms with van der Waals surface area (Å²) in [5, 5.41) is 14.7. The van der Waals surface area contributed by atoms with Gasteiger partial charge in [0.1, 0.15) is 5.75 Å². The molecule has 0 bridgehead atoms. The molecule has 1 atom stereocenters. The predicted octanol–water partition coefficient (Wildman–Crippen LogP) is 0.231. The summed E-state index contributed by atoms with van der Waals surface area (Å²) in [6, 6.07) is 6.91. The number of amides is 1. The fraction of sp³-hybridized carbons (Fsp3) is 0.462. The van der Waals surface area contributed by atoms with E-state index >= 15 is 0 Å². The van der Waals surface area contributed by atoms with E-state index in [0.29, 0.717) is 18.0 Å². The summed E-state index contributed by atoms with van der Waals surface area (Å²) in [5.41, 5.74) is 0.615. The lowest BCUT2D eigenvalue weighted by Crippen LogP contribution is -2.41. The molecular formula is C13H20N2O4. The Morgan fingerprint density at radius 3 is 2.74 bits per heavy atom. The number of para-hydroxylation sites is 2. The van der Waals surface area contributed by atoms with Crippen LogP contribution in [-0.4, -0.2) is 51.0 Å². The minimum absolute atomic E-state index is 0.0875. The first-order chi connectivity index (χ1) is 9.21. The summed E-state index contributed by atoms with van der Waals surface area (Å²) in [6.45, 7) is 0.348. The van der Waals surface area contributed by atoms with Crippen LogP contribution in [0, 0.1) is 0 Å². The number of carbonyl (C=O) groups is 1. The van der Waals surface area contributed by atoms with Gasteiger partial charge in [0.2, 0.25) is 5.91 Å². The number of anilines is 1. The topological polar surface area (TPSA) is 79.8 Å². The Morgan fingerprint density at radius 2 is 2.11 bits per heavy atom. The molecule has 0 aliphatic carbocycles. The zero-order valence-corrected chi connectivity index (χ0v) is 11.2. The van der Waals surface area contributed by atoms with Crippen molar-refractivity contribution in [3.8, 4) is 5.75 Å². The predicted molar refractivity (Wildman–Crippen MR) is 72.4 cm³/mol. The number of benzene rings is 1. The summed E-state index contributed by atoms with van der Waals surface area (Å²) in [7, 11) is 3.09. The minimum atomic E-state index is -0.256. The van der Waals surface area contributed by atoms with Crippen LogP contribution in [0.1, 0.15) is 0 Å². The van der Waals surface area contributed by atoms with Crippen LogP contribution in [0.5, 0.6) is 5.75 Å². The van der Waals surface area contributed by atoms with Gasteiger partial charge in [-0.3, -0.25) is 4.79 Å². The van der Waals surface area contributed by atoms with E-state index < -0.39 is 0 Å². The number of methoxy groups -OCH3 is 2. The largest absolute Gasteiger partial charge is 0.495 e. The molecule has 19 heavy (non-hydrogen) atoms. The normalized spacial score (nSPS) is 11.9. The third-order valence-electron chi connectivity index (χ3n) is 2.52. The second-order valence-corrected chi connectivity index (χ2v) is 3.96. The maximum atomic E-state index is 11.8. The highest BCUT2D eigenvalue weighted by Gasteiger charge is 2.10. The molecule has 106 valence electrons. The number of aliphatic hydroxyl groups is 1. The lowest BCUT2D eigenvalue weighted by molar-refractivity contribution is -0.115. The third kappa shape index (κ3) is 5.25. The van der Waals surface area contributed by atoms with Crippen molar-refractivity contribution >= 4 is 11.6 Å². The van der Waals surface area contributed by atoms with Crippen LogP contribution < -0.4 is 15.4 Å². The lowest BCUT2D eigenvalue weighted by Gasteiger charge is -2.15. The van der Waals surface area contributed by atoms with E-state index in [-0.39, 0.29) is 25.1 Å². The molecule has 0 aliphatic rings. The Hall–Kier alpha value is -1.63. The molecule has 1 amide bonds. The molecule has 3 N–H and O–H groups in total. The summed E-state index contributed by atoms with van der Waals surface area (Å²) >= 11 is 0. The highest BCUT2D eigenvalue weighted by Crippen LogP contribution is 2.22. The summed E-state index contributed by atoms with van der Waals surface area (Å²) in [5.74, 6) is 0.394. The smallest absolute Gasteiger partial charge is 0.238 e. The molecule has 1 aromatic carbocycles. The van der Waals surface area contributed by atoms with E-state index in [1.807, 2.05) is 12.1 Å². The molecule has 1 rings (SSSR count). The number of rotatable bonds is 8. The Balaban J connectivity index is 2.46. The molecule has 1 aromatic rings. The Labute approximate surface area is 112 Å². The number of carbonyl (C=O) groups excluding carboxylic acids is 1. The monoisotopic (exact) mass is 268 g/mol. The van der Waals surface area contributed by atoms with Crippen molar-refractivity contribution in [2.24, 2.45) is 0 Å². The van der Waals surface area contributed by atoms with E-state index in [1.54, 1.807) is 26.4 Å². The molecule has 0 aliphatic heterocycles. The molecule has 6 heteroatoms. The van der Waals surface area contributed by atoms with Crippen LogP contribution in [0.4, 0.5) is 5.69 Å². The molecule has 6 nitrogen and oxygen atoms in total. The van der Waals surface area contributed by atoms with Crippen LogP contribution in [0.15, 0.2) is 24.3 Å². The van der Waals surface area contributed by atoms with Gasteiger partial charge in [0.25, 0.3) is 0 Å². The highest BCUT2D eigenvalue weighted by molar-refractivity contribution is 5.93. The molecule has 0 spiro atoms. The minimum Gasteiger partial charge on any atom is -0.495 e. The molecule has 1 unspecified atom stereocenters. The fourth-order valence-corrected chi connectivity index (χ4v) is 1.56. The van der Waals surface area contributed by atoms with Crippen molar-refractivity contribution in [2.75, 3.05) is 39.3 Å². The molecular weight excluding hydrogens is 248 g/mol. The molecule has 0 heterocycles. The second-order valence-electron chi connectivity index (χ2n) is 3.96. The number of hydrogen-bond acceptors (Lipinski definition) is 5. The standard InChI is InChI=1S/C13H20N2O4/c1-18-9-10(8-16)14-7-13(17)15-11-5-3-4-6-12(11)19-2/h3-6,10,14,16H,7-9H2,1-2H3,(H,15,17). The van der Waals surface area contributed by atoms with Crippen molar-refractivity contribution in [1.29, 1.82) is 0 Å². The summed E-state index contributed by atoms with van der Waals surface area (Å²) in [4.78, 5) is 11.8. The fourth-order valence-electron chi connectivity index (χ4n) is 1.56. The first kappa shape index (κ1) is 15.4. The maximum Gasteiger partial charge on any atom is 0.238 e. The average molecular weight is 268 g/mol. The molecule has 0 radical (unpaired) electrons. The van der Waals surface area contributed by atoms with Crippen molar-refractivity contribution in [2.45, 2.75) is 6.04 Å². The van der Waals surface area contributed by atoms with E-state index in [9.17, 15) is 4.79 Å². The summed E-state index contributed by atoms with van der Waals surface area (Å²) in [6.07, 6.45) is 0. The van der Waals surface area contributed by atoms with Gasteiger partial charge in [-0.15, -0.1) is 0 Å². The van der Waals surface area contributed by atoms with Gasteiger partial charge < -0.3 is 25.2 Å². The molecule has 0 fully saturated rings. The highest BCUT2D eigenvalue weighted by atomic mass is 16.5. The average Bonchev–Trinajstić information content (AvgIpc) is 2.44. The van der Waals surface area contributed by atoms with Gasteiger partial charge in [-0.1, -0.05) is 12.1 Å². The van der Waals surface area contributed by atoms with Gasteiger partial charge in [0.05, 0.1) is 38.6 Å². The molecule has 0 aromatic heterocycles. The zero-order valence-electron chi connectivity index (χ0n) is 11.2. The Morgan fingerprint density at radius 1 is 1.37 bits per heavy atom. The number of ether oxygens (including phenoxy) is 2. The SMILES string of the molecule is COCC(CO)NCC(=O)Nc1ccccc1OC. The van der Waals surface area contributed by atoms with Crippen molar-refractivity contribution in [3.63, 3.8) is 0 Å². The van der Waals surface area contributed by atoms with E-state index in [1.165, 1.54) is 0 Å². The maximum absolute atomic E-state index is 11.8.